The standard InChI is InChI=1S/C29H21N5/c1-31-28-14-16-29(17-15-28)34-33-21-25-8-12-27(13-9-25)26-10-6-24(7-11-26)20-32-19-23-4-2-22(18-30)3-5-23/h2-17,20-21,34H,19H2/b32-20?,33-21+. The molecule has 0 atom stereocenters. The number of hydrogen-bond donors (Lipinski definition) is 1. The summed E-state index contributed by atoms with van der Waals surface area (Å²) in [4.78, 5) is 7.88. The Bertz CT molecular complexity index is 1260. The number of hydrogen-bond acceptors (Lipinski definition) is 4. The van der Waals surface area contributed by atoms with Crippen LogP contribution in [0, 0.1) is 17.9 Å². The van der Waals surface area contributed by atoms with Crippen LogP contribution in [0.15, 0.2) is 107 Å². The molecule has 0 saturated carbocycles. The van der Waals surface area contributed by atoms with Crippen LogP contribution in [-0.2, 0) is 6.54 Å². The van der Waals surface area contributed by atoms with Crippen molar-refractivity contribution < 1.29 is 0 Å². The first-order valence-electron chi connectivity index (χ1n) is 10.7. The van der Waals surface area contributed by atoms with E-state index in [9.17, 15) is 0 Å². The number of nitrogens with one attached hydrogen (secondary N) is 1. The molecule has 34 heavy (non-hydrogen) atoms. The van der Waals surface area contributed by atoms with Gasteiger partial charge in [-0.2, -0.15) is 10.4 Å². The van der Waals surface area contributed by atoms with Gasteiger partial charge in [0.15, 0.2) is 5.69 Å². The fourth-order valence-corrected chi connectivity index (χ4v) is 3.26. The molecule has 0 aliphatic heterocycles. The summed E-state index contributed by atoms with van der Waals surface area (Å²) in [5.41, 5.74) is 10.4. The van der Waals surface area contributed by atoms with Gasteiger partial charge in [-0.05, 0) is 52.1 Å². The molecule has 4 rings (SSSR count). The second-order valence-electron chi connectivity index (χ2n) is 7.55. The summed E-state index contributed by atoms with van der Waals surface area (Å²) in [7, 11) is 0. The molecule has 0 unspecified atom stereocenters. The summed E-state index contributed by atoms with van der Waals surface area (Å²) < 4.78 is 0. The second-order valence-corrected chi connectivity index (χ2v) is 7.55. The Morgan fingerprint density at radius 3 is 1.91 bits per heavy atom. The van der Waals surface area contributed by atoms with Crippen molar-refractivity contribution in [3.63, 3.8) is 0 Å². The molecule has 1 N–H and O–H groups in total. The molecule has 0 heterocycles. The molecule has 4 aromatic rings. The van der Waals surface area contributed by atoms with E-state index in [1.54, 1.807) is 18.3 Å². The van der Waals surface area contributed by atoms with Gasteiger partial charge >= 0.3 is 0 Å². The third kappa shape index (κ3) is 6.03. The van der Waals surface area contributed by atoms with Crippen LogP contribution in [-0.4, -0.2) is 12.4 Å². The van der Waals surface area contributed by atoms with Gasteiger partial charge in [-0.1, -0.05) is 72.8 Å². The van der Waals surface area contributed by atoms with Gasteiger partial charge in [0.2, 0.25) is 0 Å². The normalized spacial score (nSPS) is 10.8. The SMILES string of the molecule is [C-]#[N+]c1ccc(N/N=C/c2ccc(-c3ccc(C=NCc4ccc(C#N)cc4)cc3)cc2)cc1. The van der Waals surface area contributed by atoms with Crippen LogP contribution < -0.4 is 5.43 Å². The quantitative estimate of drug-likeness (QED) is 0.195. The van der Waals surface area contributed by atoms with Crippen LogP contribution in [0.25, 0.3) is 16.0 Å². The lowest BCUT2D eigenvalue weighted by Gasteiger charge is -2.04. The highest BCUT2D eigenvalue weighted by Crippen LogP contribution is 2.20. The highest BCUT2D eigenvalue weighted by Gasteiger charge is 1.99. The number of benzene rings is 4. The van der Waals surface area contributed by atoms with Crippen molar-refractivity contribution in [2.45, 2.75) is 6.54 Å². The van der Waals surface area contributed by atoms with Crippen molar-refractivity contribution in [2.24, 2.45) is 10.1 Å². The first-order chi connectivity index (χ1) is 16.7. The lowest BCUT2D eigenvalue weighted by atomic mass is 10.0. The highest BCUT2D eigenvalue weighted by molar-refractivity contribution is 5.83. The first-order valence-corrected chi connectivity index (χ1v) is 10.7. The predicted molar refractivity (Wildman–Crippen MR) is 138 cm³/mol. The van der Waals surface area contributed by atoms with Crippen LogP contribution in [0.1, 0.15) is 22.3 Å². The van der Waals surface area contributed by atoms with Gasteiger partial charge < -0.3 is 0 Å². The van der Waals surface area contributed by atoms with E-state index in [0.29, 0.717) is 17.8 Å². The molecule has 0 saturated heterocycles. The van der Waals surface area contributed by atoms with Crippen molar-refractivity contribution in [2.75, 3.05) is 5.43 Å². The number of anilines is 1. The molecule has 0 aliphatic rings. The fourth-order valence-electron chi connectivity index (χ4n) is 3.26. The number of nitrogens with zero attached hydrogens (tertiary/aromatic N) is 4. The van der Waals surface area contributed by atoms with Crippen LogP contribution in [0.3, 0.4) is 0 Å². The molecule has 0 aliphatic carbocycles. The number of rotatable bonds is 7. The van der Waals surface area contributed by atoms with E-state index in [4.69, 9.17) is 11.8 Å². The van der Waals surface area contributed by atoms with Crippen LogP contribution in [0.5, 0.6) is 0 Å². The molecule has 0 aromatic heterocycles. The topological polar surface area (TPSA) is 64.9 Å². The molecule has 0 spiro atoms. The smallest absolute Gasteiger partial charge is 0.187 e. The van der Waals surface area contributed by atoms with Crippen molar-refractivity contribution in [1.29, 1.82) is 5.26 Å². The van der Waals surface area contributed by atoms with Gasteiger partial charge in [0.25, 0.3) is 0 Å². The minimum atomic E-state index is 0.581. The van der Waals surface area contributed by atoms with E-state index >= 15 is 0 Å². The summed E-state index contributed by atoms with van der Waals surface area (Å²) >= 11 is 0. The zero-order chi connectivity index (χ0) is 23.6. The zero-order valence-electron chi connectivity index (χ0n) is 18.4. The van der Waals surface area contributed by atoms with Crippen LogP contribution in [0.4, 0.5) is 11.4 Å². The monoisotopic (exact) mass is 439 g/mol. The second kappa shape index (κ2) is 11.0. The molecular weight excluding hydrogens is 418 g/mol. The van der Waals surface area contributed by atoms with E-state index in [1.807, 2.05) is 54.7 Å². The van der Waals surface area contributed by atoms with Crippen LogP contribution >= 0.6 is 0 Å². The summed E-state index contributed by atoms with van der Waals surface area (Å²) in [6.45, 7) is 7.56. The van der Waals surface area contributed by atoms with Gasteiger partial charge in [-0.25, -0.2) is 4.85 Å². The van der Waals surface area contributed by atoms with E-state index in [-0.39, 0.29) is 0 Å². The van der Waals surface area contributed by atoms with Crippen molar-refractivity contribution >= 4 is 23.8 Å². The van der Waals surface area contributed by atoms with Gasteiger partial charge in [0, 0.05) is 6.21 Å². The number of nitriles is 1. The Morgan fingerprint density at radius 1 is 0.765 bits per heavy atom. The Labute approximate surface area is 199 Å². The predicted octanol–water partition coefficient (Wildman–Crippen LogP) is 6.84. The molecule has 0 bridgehead atoms. The molecule has 0 amide bonds. The van der Waals surface area contributed by atoms with Crippen molar-refractivity contribution in [1.82, 2.24) is 0 Å². The average molecular weight is 440 g/mol. The largest absolute Gasteiger partial charge is 0.288 e. The summed E-state index contributed by atoms with van der Waals surface area (Å²) in [6.07, 6.45) is 3.63. The Morgan fingerprint density at radius 2 is 1.35 bits per heavy atom. The van der Waals surface area contributed by atoms with Gasteiger partial charge in [0.05, 0.1) is 36.7 Å². The fraction of sp³-hybridized carbons (Fsp3) is 0.0345. The maximum Gasteiger partial charge on any atom is 0.187 e. The maximum atomic E-state index is 8.86. The Kier molecular flexibility index (Phi) is 7.21. The zero-order valence-corrected chi connectivity index (χ0v) is 18.4. The summed E-state index contributed by atoms with van der Waals surface area (Å²) in [6, 6.07) is 33.2. The Balaban J connectivity index is 1.32. The molecule has 5 nitrogen and oxygen atoms in total. The third-order valence-electron chi connectivity index (χ3n) is 5.16. The molecule has 5 heteroatoms. The summed E-state index contributed by atoms with van der Waals surface area (Å²) in [5.74, 6) is 0. The molecule has 4 aromatic carbocycles. The van der Waals surface area contributed by atoms with Crippen LogP contribution in [0.2, 0.25) is 0 Å². The van der Waals surface area contributed by atoms with E-state index < -0.39 is 0 Å². The molecular formula is C29H21N5. The Hall–Kier alpha value is -5.00. The molecule has 162 valence electrons. The minimum Gasteiger partial charge on any atom is -0.288 e. The van der Waals surface area contributed by atoms with Gasteiger partial charge in [0.1, 0.15) is 0 Å². The third-order valence-corrected chi connectivity index (χ3v) is 5.16. The highest BCUT2D eigenvalue weighted by atomic mass is 15.3. The maximum absolute atomic E-state index is 8.86. The molecule has 0 fully saturated rings. The lowest BCUT2D eigenvalue weighted by Crippen LogP contribution is -1.90. The minimum absolute atomic E-state index is 0.581. The van der Waals surface area contributed by atoms with Crippen molar-refractivity contribution in [3.8, 4) is 17.2 Å². The first kappa shape index (κ1) is 22.2. The van der Waals surface area contributed by atoms with E-state index in [0.717, 1.165) is 33.5 Å². The average Bonchev–Trinajstić information content (AvgIpc) is 2.90. The molecule has 0 radical (unpaired) electrons. The van der Waals surface area contributed by atoms with Crippen molar-refractivity contribution in [3.05, 3.63) is 131 Å². The summed E-state index contributed by atoms with van der Waals surface area (Å²) in [5, 5.41) is 13.1. The number of hydrazone groups is 1. The number of aliphatic imine (C=N–C) groups is 1. The van der Waals surface area contributed by atoms with Gasteiger partial charge in [-0.15, -0.1) is 0 Å². The van der Waals surface area contributed by atoms with E-state index in [2.05, 4.69) is 62.8 Å². The van der Waals surface area contributed by atoms with Gasteiger partial charge in [-0.3, -0.25) is 10.4 Å². The van der Waals surface area contributed by atoms with E-state index in [1.165, 1.54) is 0 Å². The lowest BCUT2D eigenvalue weighted by molar-refractivity contribution is 1.08.